The van der Waals surface area contributed by atoms with Gasteiger partial charge in [-0.1, -0.05) is 89.1 Å². The summed E-state index contributed by atoms with van der Waals surface area (Å²) in [6, 6.07) is 0. The zero-order chi connectivity index (χ0) is 14.1. The highest BCUT2D eigenvalue weighted by Gasteiger charge is 2.10. The van der Waals surface area contributed by atoms with Crippen LogP contribution in [0.2, 0.25) is 0 Å². The van der Waals surface area contributed by atoms with Gasteiger partial charge < -0.3 is 0 Å². The molecule has 1 aromatic carbocycles. The van der Waals surface area contributed by atoms with Crippen molar-refractivity contribution in [3.8, 4) is 0 Å². The predicted molar refractivity (Wildman–Crippen MR) is 93.3 cm³/mol. The van der Waals surface area contributed by atoms with E-state index in [4.69, 9.17) is 24.4 Å². The van der Waals surface area contributed by atoms with Crippen molar-refractivity contribution < 1.29 is 0 Å². The van der Waals surface area contributed by atoms with Gasteiger partial charge in [-0.25, -0.2) is 0 Å². The molecule has 108 valence electrons. The number of unbranched alkanes of at least 4 members (excludes halogenated alkanes) is 9. The van der Waals surface area contributed by atoms with Crippen molar-refractivity contribution in [1.82, 2.24) is 0 Å². The van der Waals surface area contributed by atoms with Crippen molar-refractivity contribution in [1.29, 1.82) is 0 Å². The summed E-state index contributed by atoms with van der Waals surface area (Å²) in [5, 5.41) is 0. The van der Waals surface area contributed by atoms with Crippen LogP contribution in [0.1, 0.15) is 76.7 Å². The Morgan fingerprint density at radius 3 is 1.68 bits per heavy atom. The van der Waals surface area contributed by atoms with Crippen molar-refractivity contribution >= 4 is 37.1 Å². The molecular weight excluding hydrogens is 288 g/mol. The highest BCUT2D eigenvalue weighted by molar-refractivity contribution is 7.81. The number of thiol groups is 1. The van der Waals surface area contributed by atoms with E-state index in [1.54, 1.807) is 0 Å². The fourth-order valence-electron chi connectivity index (χ4n) is 2.45. The van der Waals surface area contributed by atoms with Crippen molar-refractivity contribution in [3.63, 3.8) is 0 Å². The van der Waals surface area contributed by atoms with E-state index in [1.807, 2.05) is 0 Å². The Hall–Kier alpha value is 0.270. The van der Waals surface area contributed by atoms with Crippen molar-refractivity contribution in [3.05, 3.63) is 14.6 Å². The molecule has 0 amide bonds. The molecule has 1 rings (SSSR count). The van der Waals surface area contributed by atoms with E-state index in [0.29, 0.717) is 0 Å². The first-order valence-electron chi connectivity index (χ1n) is 7.69. The maximum atomic E-state index is 5.23. The van der Waals surface area contributed by atoms with E-state index in [0.717, 1.165) is 20.3 Å². The molecule has 19 heavy (non-hydrogen) atoms. The van der Waals surface area contributed by atoms with E-state index in [-0.39, 0.29) is 0 Å². The Bertz CT molecular complexity index is 427. The van der Waals surface area contributed by atoms with E-state index in [1.165, 1.54) is 69.8 Å². The molecule has 3 heteroatoms. The van der Waals surface area contributed by atoms with Crippen LogP contribution in [-0.4, -0.2) is 0 Å². The average Bonchev–Trinajstić information content (AvgIpc) is 2.43. The Kier molecular flexibility index (Phi) is 9.17. The maximum Gasteiger partial charge on any atom is 0.0697 e. The second kappa shape index (κ2) is 10.1. The first-order chi connectivity index (χ1) is 9.18. The molecule has 0 unspecified atom stereocenters. The summed E-state index contributed by atoms with van der Waals surface area (Å²) in [5.74, 6) is 0. The Labute approximate surface area is 134 Å². The van der Waals surface area contributed by atoms with Crippen molar-refractivity contribution in [2.24, 2.45) is 0 Å². The Morgan fingerprint density at radius 1 is 0.737 bits per heavy atom. The molecule has 0 saturated heterocycles. The molecule has 1 aromatic rings. The van der Waals surface area contributed by atoms with E-state index < -0.39 is 0 Å². The van der Waals surface area contributed by atoms with Crippen LogP contribution in [0.5, 0.6) is 0 Å². The summed E-state index contributed by atoms with van der Waals surface area (Å²) in [6.45, 7) is 2.27. The smallest absolute Gasteiger partial charge is 0.0697 e. The van der Waals surface area contributed by atoms with Crippen LogP contribution in [0, 0.1) is 9.02 Å². The lowest BCUT2D eigenvalue weighted by atomic mass is 10.0. The van der Waals surface area contributed by atoms with Gasteiger partial charge in [0.1, 0.15) is 0 Å². The Balaban J connectivity index is 1.92. The zero-order valence-electron chi connectivity index (χ0n) is 12.0. The quantitative estimate of drug-likeness (QED) is 0.272. The van der Waals surface area contributed by atoms with Crippen LogP contribution >= 0.6 is 37.1 Å². The monoisotopic (exact) mass is 314 g/mol. The minimum absolute atomic E-state index is 0.806. The number of hydrogen-bond donors (Lipinski definition) is 1. The predicted octanol–water partition coefficient (Wildman–Crippen LogP) is 6.77. The molecular formula is C16H26S3. The van der Waals surface area contributed by atoms with Crippen LogP contribution in [-0.2, 0) is 6.42 Å². The molecule has 0 atom stereocenters. The van der Waals surface area contributed by atoms with Crippen LogP contribution in [0.3, 0.4) is 0 Å². The molecule has 0 fully saturated rings. The number of rotatable bonds is 11. The Morgan fingerprint density at radius 2 is 1.21 bits per heavy atom. The first-order valence-corrected chi connectivity index (χ1v) is 8.96. The van der Waals surface area contributed by atoms with Gasteiger partial charge in [0.2, 0.25) is 0 Å². The van der Waals surface area contributed by atoms with Gasteiger partial charge in [0.15, 0.2) is 0 Å². The molecule has 0 heterocycles. The molecule has 0 spiro atoms. The molecule has 0 aliphatic carbocycles. The summed E-state index contributed by atoms with van der Waals surface area (Å²) in [4.78, 5) is 0.982. The molecule has 0 bridgehead atoms. The van der Waals surface area contributed by atoms with Crippen LogP contribution in [0.15, 0.2) is 4.90 Å². The largest absolute Gasteiger partial charge is 0.142 e. The lowest BCUT2D eigenvalue weighted by molar-refractivity contribution is 0.555. The molecule has 0 N–H and O–H groups in total. The van der Waals surface area contributed by atoms with E-state index >= 15 is 0 Å². The van der Waals surface area contributed by atoms with Crippen molar-refractivity contribution in [2.75, 3.05) is 0 Å². The molecule has 0 saturated carbocycles. The van der Waals surface area contributed by atoms with Gasteiger partial charge in [-0.05, 0) is 18.4 Å². The zero-order valence-corrected chi connectivity index (χ0v) is 14.6. The average molecular weight is 315 g/mol. The first kappa shape index (κ1) is 17.3. The summed E-state index contributed by atoms with van der Waals surface area (Å²) in [6.07, 6.45) is 14.8. The molecule has 0 nitrogen and oxygen atoms in total. The third-order valence-electron chi connectivity index (χ3n) is 3.76. The summed E-state index contributed by atoms with van der Waals surface area (Å²) >= 11 is 14.7. The second-order valence-corrected chi connectivity index (χ2v) is 6.68. The lowest BCUT2D eigenvalue weighted by Gasteiger charge is -2.09. The lowest BCUT2D eigenvalue weighted by Crippen LogP contribution is -1.95. The van der Waals surface area contributed by atoms with Crippen LogP contribution < -0.4 is 0 Å². The maximum absolute atomic E-state index is 5.23. The van der Waals surface area contributed by atoms with Crippen LogP contribution in [0.25, 0.3) is 0 Å². The van der Waals surface area contributed by atoms with Gasteiger partial charge >= 0.3 is 0 Å². The fraction of sp³-hybridized carbons (Fsp3) is 0.750. The van der Waals surface area contributed by atoms with Gasteiger partial charge in [-0.3, -0.25) is 0 Å². The van der Waals surface area contributed by atoms with E-state index in [2.05, 4.69) is 19.6 Å². The summed E-state index contributed by atoms with van der Waals surface area (Å²) in [7, 11) is 0. The minimum atomic E-state index is 0.806. The van der Waals surface area contributed by atoms with Gasteiger partial charge in [-0.2, -0.15) is 0 Å². The standard InChI is InChI=1S/C16H26S3/c1-2-3-4-5-6-7-8-9-10-11-12-13-14(17)16(19)15(13)18/h17H,2-12H2,1H3. The van der Waals surface area contributed by atoms with Gasteiger partial charge in [0.05, 0.1) is 9.02 Å². The fourth-order valence-corrected chi connectivity index (χ4v) is 3.49. The third-order valence-corrected chi connectivity index (χ3v) is 5.39. The van der Waals surface area contributed by atoms with Crippen molar-refractivity contribution in [2.45, 2.75) is 82.4 Å². The molecule has 0 aromatic heterocycles. The van der Waals surface area contributed by atoms with Gasteiger partial charge in [0, 0.05) is 4.90 Å². The van der Waals surface area contributed by atoms with Gasteiger partial charge in [-0.15, -0.1) is 12.6 Å². The summed E-state index contributed by atoms with van der Waals surface area (Å²) < 4.78 is 1.70. The third kappa shape index (κ3) is 6.05. The molecule has 0 radical (unpaired) electrons. The molecule has 0 aliphatic rings. The number of hydrogen-bond acceptors (Lipinski definition) is 3. The second-order valence-electron chi connectivity index (χ2n) is 5.42. The highest BCUT2D eigenvalue weighted by Crippen LogP contribution is 2.26. The molecule has 0 aliphatic heterocycles. The SMILES string of the molecule is CCCCCCCCCCCCc1c(S)c(=S)c1=S. The normalized spacial score (nSPS) is 11.3. The van der Waals surface area contributed by atoms with E-state index in [9.17, 15) is 0 Å². The van der Waals surface area contributed by atoms with Crippen LogP contribution in [0.4, 0.5) is 0 Å². The minimum Gasteiger partial charge on any atom is -0.142 e. The van der Waals surface area contributed by atoms with Gasteiger partial charge in [0.25, 0.3) is 0 Å². The summed E-state index contributed by atoms with van der Waals surface area (Å²) in [5.41, 5.74) is 1.24. The topological polar surface area (TPSA) is 0 Å². The highest BCUT2D eigenvalue weighted by atomic mass is 32.1.